The molecule has 4 heterocycles. The van der Waals surface area contributed by atoms with Crippen molar-refractivity contribution < 1.29 is 9.53 Å². The molecule has 2 aromatic heterocycles. The highest BCUT2D eigenvalue weighted by molar-refractivity contribution is 7.09. The molecule has 0 saturated carbocycles. The van der Waals surface area contributed by atoms with E-state index in [-0.39, 0.29) is 17.2 Å². The van der Waals surface area contributed by atoms with Crippen molar-refractivity contribution in [3.8, 4) is 0 Å². The average Bonchev–Trinajstić information content (AvgIpc) is 3.44. The van der Waals surface area contributed by atoms with Crippen LogP contribution in [0.5, 0.6) is 0 Å². The van der Waals surface area contributed by atoms with Crippen molar-refractivity contribution in [1.29, 1.82) is 0 Å². The predicted octanol–water partition coefficient (Wildman–Crippen LogP) is 2.99. The Balaban J connectivity index is 1.61. The first kappa shape index (κ1) is 19.6. The molecule has 1 amide bonds. The lowest BCUT2D eigenvalue weighted by Gasteiger charge is -2.28. The number of hydrogen-bond acceptors (Lipinski definition) is 5. The third kappa shape index (κ3) is 3.51. The van der Waals surface area contributed by atoms with Gasteiger partial charge in [0.25, 0.3) is 0 Å². The summed E-state index contributed by atoms with van der Waals surface area (Å²) in [6.07, 6.45) is 4.96. The second kappa shape index (κ2) is 7.97. The van der Waals surface area contributed by atoms with Crippen LogP contribution in [0.4, 0.5) is 0 Å². The molecule has 0 aromatic carbocycles. The van der Waals surface area contributed by atoms with Crippen LogP contribution in [0.25, 0.3) is 0 Å². The van der Waals surface area contributed by atoms with E-state index in [4.69, 9.17) is 9.72 Å². The molecule has 1 spiro atoms. The summed E-state index contributed by atoms with van der Waals surface area (Å²) in [7, 11) is 1.69. The Morgan fingerprint density at radius 1 is 1.43 bits per heavy atom. The van der Waals surface area contributed by atoms with E-state index in [1.807, 2.05) is 11.2 Å². The van der Waals surface area contributed by atoms with E-state index in [1.54, 1.807) is 18.4 Å². The van der Waals surface area contributed by atoms with E-state index >= 15 is 0 Å². The summed E-state index contributed by atoms with van der Waals surface area (Å²) in [5.41, 5.74) is 0.700. The molecule has 2 unspecified atom stereocenters. The molecule has 2 aromatic rings. The molecule has 2 fully saturated rings. The molecule has 28 heavy (non-hydrogen) atoms. The zero-order valence-corrected chi connectivity index (χ0v) is 17.8. The standard InChI is InChI=1S/C21H30N4O2S/c1-16(2)25-13-19(22-15-25)18-12-23(11-17-5-4-10-28-17)14-21(18)6-7-24(20(21)26)8-9-27-3/h4-5,10,13,15-16,18H,6-9,11-12,14H2,1-3H3. The molecule has 0 aliphatic carbocycles. The second-order valence-corrected chi connectivity index (χ2v) is 9.36. The second-order valence-electron chi connectivity index (χ2n) is 8.33. The quantitative estimate of drug-likeness (QED) is 0.714. The fraction of sp³-hybridized carbons (Fsp3) is 0.619. The van der Waals surface area contributed by atoms with Gasteiger partial charge in [0.05, 0.1) is 24.0 Å². The maximum atomic E-state index is 13.5. The molecule has 2 saturated heterocycles. The van der Waals surface area contributed by atoms with E-state index in [9.17, 15) is 4.79 Å². The van der Waals surface area contributed by atoms with Gasteiger partial charge >= 0.3 is 0 Å². The van der Waals surface area contributed by atoms with Gasteiger partial charge in [0.15, 0.2) is 0 Å². The van der Waals surface area contributed by atoms with Gasteiger partial charge < -0.3 is 14.2 Å². The Morgan fingerprint density at radius 3 is 2.96 bits per heavy atom. The number of nitrogens with zero attached hydrogens (tertiary/aromatic N) is 4. The Kier molecular flexibility index (Phi) is 5.58. The van der Waals surface area contributed by atoms with Gasteiger partial charge in [-0.15, -0.1) is 11.3 Å². The number of aromatic nitrogens is 2. The number of thiophene rings is 1. The average molecular weight is 403 g/mol. The lowest BCUT2D eigenvalue weighted by Crippen LogP contribution is -2.40. The summed E-state index contributed by atoms with van der Waals surface area (Å²) in [5.74, 6) is 0.426. The third-order valence-corrected chi connectivity index (χ3v) is 7.12. The minimum absolute atomic E-state index is 0.146. The molecule has 7 heteroatoms. The van der Waals surface area contributed by atoms with Crippen molar-refractivity contribution in [2.24, 2.45) is 5.41 Å². The summed E-state index contributed by atoms with van der Waals surface area (Å²) in [6, 6.07) is 4.65. The topological polar surface area (TPSA) is 50.6 Å². The minimum atomic E-state index is -0.360. The third-order valence-electron chi connectivity index (χ3n) is 6.25. The monoisotopic (exact) mass is 402 g/mol. The Hall–Kier alpha value is -1.70. The van der Waals surface area contributed by atoms with Crippen molar-refractivity contribution in [1.82, 2.24) is 19.4 Å². The van der Waals surface area contributed by atoms with Gasteiger partial charge in [-0.2, -0.15) is 0 Å². The fourth-order valence-electron chi connectivity index (χ4n) is 4.68. The number of amides is 1. The number of methoxy groups -OCH3 is 1. The Labute approximate surface area is 171 Å². The first-order chi connectivity index (χ1) is 13.5. The number of carbonyl (C=O) groups is 1. The normalized spacial score (nSPS) is 25.6. The maximum Gasteiger partial charge on any atom is 0.230 e. The van der Waals surface area contributed by atoms with Crippen molar-refractivity contribution >= 4 is 17.2 Å². The highest BCUT2D eigenvalue weighted by Crippen LogP contribution is 2.50. The smallest absolute Gasteiger partial charge is 0.230 e. The van der Waals surface area contributed by atoms with E-state index < -0.39 is 0 Å². The molecule has 2 aliphatic rings. The first-order valence-corrected chi connectivity index (χ1v) is 11.0. The van der Waals surface area contributed by atoms with E-state index in [0.717, 1.165) is 38.3 Å². The van der Waals surface area contributed by atoms with E-state index in [2.05, 4.69) is 47.0 Å². The first-order valence-electron chi connectivity index (χ1n) is 10.1. The van der Waals surface area contributed by atoms with Crippen LogP contribution < -0.4 is 0 Å². The molecular formula is C21H30N4O2S. The summed E-state index contributed by atoms with van der Waals surface area (Å²) in [5, 5.41) is 2.12. The minimum Gasteiger partial charge on any atom is -0.383 e. The van der Waals surface area contributed by atoms with E-state index in [0.29, 0.717) is 19.2 Å². The Bertz CT molecular complexity index is 803. The van der Waals surface area contributed by atoms with Crippen LogP contribution in [0.1, 0.15) is 42.8 Å². The molecular weight excluding hydrogens is 372 g/mol. The summed E-state index contributed by atoms with van der Waals surface area (Å²) in [6.45, 7) is 9.01. The van der Waals surface area contributed by atoms with Crippen LogP contribution in [-0.2, 0) is 16.1 Å². The summed E-state index contributed by atoms with van der Waals surface area (Å²) < 4.78 is 7.36. The number of imidazole rings is 1. The maximum absolute atomic E-state index is 13.5. The lowest BCUT2D eigenvalue weighted by molar-refractivity contribution is -0.136. The van der Waals surface area contributed by atoms with Gasteiger partial charge in [-0.05, 0) is 31.7 Å². The highest BCUT2D eigenvalue weighted by Gasteiger charge is 2.57. The molecule has 0 N–H and O–H groups in total. The number of hydrogen-bond donors (Lipinski definition) is 0. The molecule has 0 bridgehead atoms. The molecule has 6 nitrogen and oxygen atoms in total. The molecule has 0 radical (unpaired) electrons. The molecule has 2 atom stereocenters. The fourth-order valence-corrected chi connectivity index (χ4v) is 5.43. The zero-order chi connectivity index (χ0) is 19.7. The van der Waals surface area contributed by atoms with Crippen molar-refractivity contribution in [2.45, 2.75) is 38.8 Å². The largest absolute Gasteiger partial charge is 0.383 e. The number of ether oxygens (including phenoxy) is 1. The van der Waals surface area contributed by atoms with Crippen LogP contribution >= 0.6 is 11.3 Å². The summed E-state index contributed by atoms with van der Waals surface area (Å²) in [4.78, 5) is 24.0. The Morgan fingerprint density at radius 2 is 2.29 bits per heavy atom. The van der Waals surface area contributed by atoms with Gasteiger partial charge in [0.2, 0.25) is 5.91 Å². The summed E-state index contributed by atoms with van der Waals surface area (Å²) >= 11 is 1.78. The van der Waals surface area contributed by atoms with Crippen LogP contribution in [0.3, 0.4) is 0 Å². The number of likely N-dealkylation sites (tertiary alicyclic amines) is 2. The lowest BCUT2D eigenvalue weighted by atomic mass is 9.75. The van der Waals surface area contributed by atoms with Gasteiger partial charge in [-0.1, -0.05) is 6.07 Å². The number of rotatable bonds is 7. The zero-order valence-electron chi connectivity index (χ0n) is 17.0. The van der Waals surface area contributed by atoms with Crippen molar-refractivity contribution in [3.05, 3.63) is 40.6 Å². The molecule has 2 aliphatic heterocycles. The van der Waals surface area contributed by atoms with Crippen LogP contribution in [0.15, 0.2) is 30.0 Å². The molecule has 4 rings (SSSR count). The van der Waals surface area contributed by atoms with Gasteiger partial charge in [-0.25, -0.2) is 4.98 Å². The van der Waals surface area contributed by atoms with Gasteiger partial charge in [-0.3, -0.25) is 9.69 Å². The molecule has 152 valence electrons. The van der Waals surface area contributed by atoms with Gasteiger partial charge in [0, 0.05) is 62.9 Å². The number of carbonyl (C=O) groups excluding carboxylic acids is 1. The SMILES string of the molecule is COCCN1CCC2(CN(Cc3cccs3)CC2c2cn(C(C)C)cn2)C1=O. The van der Waals surface area contributed by atoms with E-state index in [1.165, 1.54) is 4.88 Å². The van der Waals surface area contributed by atoms with Gasteiger partial charge in [0.1, 0.15) is 0 Å². The van der Waals surface area contributed by atoms with Crippen molar-refractivity contribution in [2.75, 3.05) is 39.9 Å². The predicted molar refractivity (Wildman–Crippen MR) is 110 cm³/mol. The van der Waals surface area contributed by atoms with Crippen molar-refractivity contribution in [3.63, 3.8) is 0 Å². The van der Waals surface area contributed by atoms with Crippen LogP contribution in [-0.4, -0.2) is 65.2 Å². The highest BCUT2D eigenvalue weighted by atomic mass is 32.1. The van der Waals surface area contributed by atoms with Crippen LogP contribution in [0.2, 0.25) is 0 Å². The van der Waals surface area contributed by atoms with Crippen LogP contribution in [0, 0.1) is 5.41 Å².